The van der Waals surface area contributed by atoms with Crippen molar-refractivity contribution in [3.8, 4) is 27.9 Å². The number of furan rings is 1. The molecule has 0 N–H and O–H groups in total. The maximum atomic E-state index is 6.41. The Morgan fingerprint density at radius 1 is 0.339 bits per heavy atom. The minimum Gasteiger partial charge on any atom is -0.456 e. The largest absolute Gasteiger partial charge is 0.456 e. The molecule has 10 aromatic carbocycles. The number of rotatable bonds is 6. The Balaban J connectivity index is 1.06. The van der Waals surface area contributed by atoms with Gasteiger partial charge in [-0.1, -0.05) is 158 Å². The number of nitrogens with zero attached hydrogens (tertiary/aromatic N) is 2. The van der Waals surface area contributed by atoms with Crippen LogP contribution in [0.4, 0.5) is 17.1 Å². The third-order valence-electron chi connectivity index (χ3n) is 12.0. The summed E-state index contributed by atoms with van der Waals surface area (Å²) in [6.45, 7) is 0. The minimum absolute atomic E-state index is 0.882. The molecule has 12 rings (SSSR count). The van der Waals surface area contributed by atoms with Gasteiger partial charge in [0.15, 0.2) is 0 Å². The van der Waals surface area contributed by atoms with E-state index in [1.807, 2.05) is 12.1 Å². The first-order chi connectivity index (χ1) is 29.3. The Bertz CT molecular complexity index is 3520. The molecule has 12 aromatic rings. The summed E-state index contributed by atoms with van der Waals surface area (Å²) in [6.07, 6.45) is 0. The fourth-order valence-electron chi connectivity index (χ4n) is 9.32. The molecule has 0 radical (unpaired) electrons. The number of fused-ring (bicyclic) bond motifs is 9. The first-order valence-corrected chi connectivity index (χ1v) is 20.2. The van der Waals surface area contributed by atoms with Crippen LogP contribution in [0.5, 0.6) is 0 Å². The zero-order valence-electron chi connectivity index (χ0n) is 32.1. The van der Waals surface area contributed by atoms with Crippen LogP contribution in [-0.2, 0) is 0 Å². The molecule has 2 heterocycles. The molecule has 0 atom stereocenters. The van der Waals surface area contributed by atoms with Gasteiger partial charge in [0.25, 0.3) is 0 Å². The molecule has 3 heteroatoms. The van der Waals surface area contributed by atoms with E-state index in [1.54, 1.807) is 0 Å². The van der Waals surface area contributed by atoms with Crippen molar-refractivity contribution >= 4 is 82.4 Å². The maximum absolute atomic E-state index is 6.41. The van der Waals surface area contributed by atoms with Gasteiger partial charge >= 0.3 is 0 Å². The number of anilines is 3. The average Bonchev–Trinajstić information content (AvgIpc) is 3.85. The van der Waals surface area contributed by atoms with Crippen LogP contribution in [0.15, 0.2) is 223 Å². The second-order valence-corrected chi connectivity index (χ2v) is 15.3. The van der Waals surface area contributed by atoms with Gasteiger partial charge in [-0.2, -0.15) is 0 Å². The standard InChI is InChI=1S/C56H36N2O/c1-2-16-41-38(15-1)35-54(45-20-4-3-19-44(41)45)57(50-24-10-6-18-43(50)39-31-34-49-48-23-9-14-28-55(48)59-56(49)36-39)40-32-29-37(30-33-40)42-17-5-11-25-51(42)58-52-26-12-7-21-46(52)47-22-8-13-27-53(47)58/h1-36H. The lowest BCUT2D eigenvalue weighted by Crippen LogP contribution is -2.12. The Kier molecular flexibility index (Phi) is 7.54. The third-order valence-corrected chi connectivity index (χ3v) is 12.0. The number of hydrogen-bond donors (Lipinski definition) is 0. The second-order valence-electron chi connectivity index (χ2n) is 15.3. The smallest absolute Gasteiger partial charge is 0.136 e. The first-order valence-electron chi connectivity index (χ1n) is 20.2. The SMILES string of the molecule is c1ccc(N(c2ccc(-c3ccccc3-n3c4ccccc4c4ccccc43)cc2)c2cc3ccccc3c3ccccc23)c(-c2ccc3c(c2)oc2ccccc23)c1. The number of para-hydroxylation sites is 5. The van der Waals surface area contributed by atoms with Crippen LogP contribution in [0.1, 0.15) is 0 Å². The quantitative estimate of drug-likeness (QED) is 0.158. The highest BCUT2D eigenvalue weighted by Gasteiger charge is 2.22. The van der Waals surface area contributed by atoms with Crippen molar-refractivity contribution in [2.45, 2.75) is 0 Å². The van der Waals surface area contributed by atoms with E-state index in [0.717, 1.165) is 61.4 Å². The fraction of sp³-hybridized carbons (Fsp3) is 0. The van der Waals surface area contributed by atoms with Crippen molar-refractivity contribution in [1.29, 1.82) is 0 Å². The van der Waals surface area contributed by atoms with E-state index in [1.165, 1.54) is 48.9 Å². The van der Waals surface area contributed by atoms with Crippen molar-refractivity contribution in [3.05, 3.63) is 218 Å². The maximum Gasteiger partial charge on any atom is 0.136 e. The summed E-state index contributed by atoms with van der Waals surface area (Å²) < 4.78 is 8.83. The van der Waals surface area contributed by atoms with Crippen LogP contribution >= 0.6 is 0 Å². The summed E-state index contributed by atoms with van der Waals surface area (Å²) in [4.78, 5) is 2.44. The van der Waals surface area contributed by atoms with Gasteiger partial charge < -0.3 is 13.9 Å². The monoisotopic (exact) mass is 752 g/mol. The van der Waals surface area contributed by atoms with E-state index in [0.29, 0.717) is 0 Å². The first kappa shape index (κ1) is 33.3. The second kappa shape index (κ2) is 13.4. The van der Waals surface area contributed by atoms with Crippen LogP contribution < -0.4 is 4.90 Å². The van der Waals surface area contributed by atoms with Gasteiger partial charge in [0.05, 0.1) is 28.1 Å². The topological polar surface area (TPSA) is 21.3 Å². The molecule has 276 valence electrons. The lowest BCUT2D eigenvalue weighted by molar-refractivity contribution is 0.669. The summed E-state index contributed by atoms with van der Waals surface area (Å²) in [6, 6.07) is 78.8. The normalized spacial score (nSPS) is 11.7. The van der Waals surface area contributed by atoms with Crippen molar-refractivity contribution in [3.63, 3.8) is 0 Å². The highest BCUT2D eigenvalue weighted by atomic mass is 16.3. The van der Waals surface area contributed by atoms with Crippen LogP contribution in [0.25, 0.3) is 93.2 Å². The minimum atomic E-state index is 0.882. The molecule has 0 saturated heterocycles. The van der Waals surface area contributed by atoms with Crippen LogP contribution in [0, 0.1) is 0 Å². The van der Waals surface area contributed by atoms with E-state index >= 15 is 0 Å². The van der Waals surface area contributed by atoms with E-state index < -0.39 is 0 Å². The van der Waals surface area contributed by atoms with Gasteiger partial charge in [0.2, 0.25) is 0 Å². The van der Waals surface area contributed by atoms with E-state index in [2.05, 4.69) is 216 Å². The Hall–Kier alpha value is -7.88. The van der Waals surface area contributed by atoms with Crippen LogP contribution in [0.2, 0.25) is 0 Å². The molecule has 0 saturated carbocycles. The molecule has 0 aliphatic heterocycles. The van der Waals surface area contributed by atoms with Crippen LogP contribution in [-0.4, -0.2) is 4.57 Å². The lowest BCUT2D eigenvalue weighted by atomic mass is 9.96. The van der Waals surface area contributed by atoms with Gasteiger partial charge in [0, 0.05) is 43.7 Å². The van der Waals surface area contributed by atoms with E-state index in [-0.39, 0.29) is 0 Å². The highest BCUT2D eigenvalue weighted by Crippen LogP contribution is 2.46. The molecular weight excluding hydrogens is 717 g/mol. The molecule has 0 fully saturated rings. The van der Waals surface area contributed by atoms with Gasteiger partial charge in [0.1, 0.15) is 11.2 Å². The summed E-state index contributed by atoms with van der Waals surface area (Å²) in [7, 11) is 0. The Labute approximate surface area is 341 Å². The number of aromatic nitrogens is 1. The molecule has 3 nitrogen and oxygen atoms in total. The predicted molar refractivity (Wildman–Crippen MR) is 249 cm³/mol. The molecule has 0 amide bonds. The zero-order chi connectivity index (χ0) is 38.9. The molecule has 0 unspecified atom stereocenters. The summed E-state index contributed by atoms with van der Waals surface area (Å²) in [5, 5.41) is 9.62. The summed E-state index contributed by atoms with van der Waals surface area (Å²) in [5.74, 6) is 0. The summed E-state index contributed by atoms with van der Waals surface area (Å²) in [5.41, 5.74) is 13.1. The highest BCUT2D eigenvalue weighted by molar-refractivity contribution is 6.15. The summed E-state index contributed by atoms with van der Waals surface area (Å²) >= 11 is 0. The molecule has 0 spiro atoms. The average molecular weight is 753 g/mol. The number of hydrogen-bond acceptors (Lipinski definition) is 2. The van der Waals surface area contributed by atoms with E-state index in [4.69, 9.17) is 4.42 Å². The molecule has 59 heavy (non-hydrogen) atoms. The van der Waals surface area contributed by atoms with Gasteiger partial charge in [-0.05, 0) is 87.9 Å². The lowest BCUT2D eigenvalue weighted by Gasteiger charge is -2.30. The van der Waals surface area contributed by atoms with Crippen molar-refractivity contribution < 1.29 is 4.42 Å². The van der Waals surface area contributed by atoms with Gasteiger partial charge in [-0.15, -0.1) is 0 Å². The van der Waals surface area contributed by atoms with Gasteiger partial charge in [-0.25, -0.2) is 0 Å². The van der Waals surface area contributed by atoms with Crippen molar-refractivity contribution in [2.75, 3.05) is 4.90 Å². The van der Waals surface area contributed by atoms with Crippen molar-refractivity contribution in [2.24, 2.45) is 0 Å². The van der Waals surface area contributed by atoms with E-state index in [9.17, 15) is 0 Å². The van der Waals surface area contributed by atoms with Crippen LogP contribution in [0.3, 0.4) is 0 Å². The van der Waals surface area contributed by atoms with Crippen molar-refractivity contribution in [1.82, 2.24) is 4.57 Å². The Morgan fingerprint density at radius 2 is 0.898 bits per heavy atom. The fourth-order valence-corrected chi connectivity index (χ4v) is 9.32. The molecule has 2 aromatic heterocycles. The zero-order valence-corrected chi connectivity index (χ0v) is 32.1. The predicted octanol–water partition coefficient (Wildman–Crippen LogP) is 15.8. The van der Waals surface area contributed by atoms with Gasteiger partial charge in [-0.3, -0.25) is 0 Å². The molecule has 0 bridgehead atoms. The number of benzene rings is 10. The third kappa shape index (κ3) is 5.29. The molecule has 0 aliphatic carbocycles. The molecular formula is C56H36N2O. The Morgan fingerprint density at radius 3 is 1.68 bits per heavy atom. The molecule has 0 aliphatic rings.